The van der Waals surface area contributed by atoms with Crippen LogP contribution in [0.1, 0.15) is 47.4 Å². The van der Waals surface area contributed by atoms with E-state index in [-0.39, 0.29) is 11.1 Å². The van der Waals surface area contributed by atoms with Crippen molar-refractivity contribution in [1.82, 2.24) is 10.6 Å². The number of esters is 2. The van der Waals surface area contributed by atoms with E-state index in [0.29, 0.717) is 13.1 Å². The van der Waals surface area contributed by atoms with E-state index in [9.17, 15) is 19.2 Å². The molecule has 142 valence electrons. The zero-order valence-corrected chi connectivity index (χ0v) is 15.0. The standard InChI is InChI=1S/C18H24N2O6/c1-3-8-19-15(21)11-25-17(23)13-6-5-7-14(10-13)18(24)26-12-16(22)20-9-4-2/h5-7,10H,3-4,8-9,11-12H2,1-2H3,(H,19,21)(H,20,22). The summed E-state index contributed by atoms with van der Waals surface area (Å²) in [6.07, 6.45) is 1.56. The molecule has 8 heteroatoms. The monoisotopic (exact) mass is 364 g/mol. The third-order valence-corrected chi connectivity index (χ3v) is 3.15. The van der Waals surface area contributed by atoms with Crippen molar-refractivity contribution >= 4 is 23.8 Å². The van der Waals surface area contributed by atoms with Crippen molar-refractivity contribution in [3.8, 4) is 0 Å². The first-order valence-electron chi connectivity index (χ1n) is 8.45. The highest BCUT2D eigenvalue weighted by atomic mass is 16.5. The molecule has 8 nitrogen and oxygen atoms in total. The Morgan fingerprint density at radius 2 is 1.23 bits per heavy atom. The van der Waals surface area contributed by atoms with Crippen molar-refractivity contribution in [2.45, 2.75) is 26.7 Å². The molecular formula is C18H24N2O6. The third-order valence-electron chi connectivity index (χ3n) is 3.15. The third kappa shape index (κ3) is 7.78. The highest BCUT2D eigenvalue weighted by Crippen LogP contribution is 2.08. The lowest BCUT2D eigenvalue weighted by Crippen LogP contribution is -2.29. The second-order valence-corrected chi connectivity index (χ2v) is 5.43. The molecule has 0 aromatic heterocycles. The minimum absolute atomic E-state index is 0.109. The van der Waals surface area contributed by atoms with Crippen LogP contribution in [-0.4, -0.2) is 50.1 Å². The van der Waals surface area contributed by atoms with E-state index in [2.05, 4.69) is 10.6 Å². The molecule has 0 unspecified atom stereocenters. The SMILES string of the molecule is CCCNC(=O)COC(=O)c1cccc(C(=O)OCC(=O)NCCC)c1. The van der Waals surface area contributed by atoms with Crippen molar-refractivity contribution < 1.29 is 28.7 Å². The van der Waals surface area contributed by atoms with Gasteiger partial charge >= 0.3 is 11.9 Å². The number of carbonyl (C=O) groups is 4. The Labute approximate surface area is 152 Å². The predicted octanol–water partition coefficient (Wildman–Crippen LogP) is 1.05. The topological polar surface area (TPSA) is 111 Å². The number of nitrogens with one attached hydrogen (secondary N) is 2. The molecule has 2 N–H and O–H groups in total. The number of rotatable bonds is 10. The van der Waals surface area contributed by atoms with Crippen molar-refractivity contribution in [2.24, 2.45) is 0 Å². The van der Waals surface area contributed by atoms with Crippen LogP contribution in [0.2, 0.25) is 0 Å². The number of carbonyl (C=O) groups excluding carboxylic acids is 4. The van der Waals surface area contributed by atoms with Gasteiger partial charge in [0.25, 0.3) is 11.8 Å². The quantitative estimate of drug-likeness (QED) is 0.601. The minimum atomic E-state index is -0.730. The minimum Gasteiger partial charge on any atom is -0.452 e. The van der Waals surface area contributed by atoms with Gasteiger partial charge in [0.2, 0.25) is 0 Å². The van der Waals surface area contributed by atoms with Crippen LogP contribution in [0.3, 0.4) is 0 Å². The highest BCUT2D eigenvalue weighted by Gasteiger charge is 2.14. The summed E-state index contributed by atoms with van der Waals surface area (Å²) in [5.74, 6) is -2.25. The Bertz CT molecular complexity index is 593. The molecule has 0 aliphatic carbocycles. The maximum absolute atomic E-state index is 12.0. The number of hydrogen-bond donors (Lipinski definition) is 2. The van der Waals surface area contributed by atoms with E-state index in [0.717, 1.165) is 12.8 Å². The van der Waals surface area contributed by atoms with E-state index < -0.39 is 37.0 Å². The van der Waals surface area contributed by atoms with Crippen LogP contribution in [0, 0.1) is 0 Å². The van der Waals surface area contributed by atoms with Gasteiger partial charge in [-0.05, 0) is 31.0 Å². The summed E-state index contributed by atoms with van der Waals surface area (Å²) < 4.78 is 9.79. The second kappa shape index (κ2) is 11.6. The summed E-state index contributed by atoms with van der Waals surface area (Å²) in [5, 5.41) is 5.16. The smallest absolute Gasteiger partial charge is 0.338 e. The molecule has 1 aromatic carbocycles. The van der Waals surface area contributed by atoms with Gasteiger partial charge < -0.3 is 20.1 Å². The van der Waals surface area contributed by atoms with Gasteiger partial charge in [0.15, 0.2) is 13.2 Å². The van der Waals surface area contributed by atoms with Gasteiger partial charge in [0, 0.05) is 13.1 Å². The van der Waals surface area contributed by atoms with Crippen LogP contribution < -0.4 is 10.6 Å². The number of ether oxygens (including phenoxy) is 2. The Balaban J connectivity index is 2.55. The Morgan fingerprint density at radius 3 is 1.62 bits per heavy atom. The first-order valence-corrected chi connectivity index (χ1v) is 8.45. The lowest BCUT2D eigenvalue weighted by atomic mass is 10.1. The highest BCUT2D eigenvalue weighted by molar-refractivity contribution is 5.96. The summed E-state index contributed by atoms with van der Waals surface area (Å²) in [6.45, 7) is 4.03. The van der Waals surface area contributed by atoms with Gasteiger partial charge in [0.05, 0.1) is 11.1 Å². The summed E-state index contributed by atoms with van der Waals surface area (Å²) >= 11 is 0. The fourth-order valence-electron chi connectivity index (χ4n) is 1.83. The van der Waals surface area contributed by atoms with Crippen molar-refractivity contribution in [3.05, 3.63) is 35.4 Å². The molecule has 0 spiro atoms. The Morgan fingerprint density at radius 1 is 0.808 bits per heavy atom. The largest absolute Gasteiger partial charge is 0.452 e. The van der Waals surface area contributed by atoms with Crippen LogP contribution in [0.4, 0.5) is 0 Å². The fourth-order valence-corrected chi connectivity index (χ4v) is 1.83. The van der Waals surface area contributed by atoms with Gasteiger partial charge in [-0.15, -0.1) is 0 Å². The molecule has 0 atom stereocenters. The molecule has 0 heterocycles. The number of hydrogen-bond acceptors (Lipinski definition) is 6. The average molecular weight is 364 g/mol. The maximum atomic E-state index is 12.0. The van der Waals surface area contributed by atoms with Crippen LogP contribution in [-0.2, 0) is 19.1 Å². The summed E-state index contributed by atoms with van der Waals surface area (Å²) in [6, 6.07) is 5.69. The molecule has 26 heavy (non-hydrogen) atoms. The zero-order valence-electron chi connectivity index (χ0n) is 15.0. The van der Waals surface area contributed by atoms with Crippen LogP contribution in [0.15, 0.2) is 24.3 Å². The fraction of sp³-hybridized carbons (Fsp3) is 0.444. The number of benzene rings is 1. The molecule has 0 saturated carbocycles. The Kier molecular flexibility index (Phi) is 9.45. The summed E-state index contributed by atoms with van der Waals surface area (Å²) in [5.41, 5.74) is 0.219. The summed E-state index contributed by atoms with van der Waals surface area (Å²) in [4.78, 5) is 46.8. The van der Waals surface area contributed by atoms with E-state index in [1.807, 2.05) is 13.8 Å². The molecule has 0 aliphatic rings. The molecule has 2 amide bonds. The Hall–Kier alpha value is -2.90. The van der Waals surface area contributed by atoms with Crippen LogP contribution >= 0.6 is 0 Å². The molecule has 0 fully saturated rings. The molecule has 1 aromatic rings. The van der Waals surface area contributed by atoms with Gasteiger partial charge in [-0.1, -0.05) is 19.9 Å². The van der Waals surface area contributed by atoms with Gasteiger partial charge in [-0.25, -0.2) is 9.59 Å². The van der Waals surface area contributed by atoms with E-state index in [1.54, 1.807) is 0 Å². The molecule has 0 aliphatic heterocycles. The average Bonchev–Trinajstić information content (AvgIpc) is 2.66. The van der Waals surface area contributed by atoms with Gasteiger partial charge in [-0.2, -0.15) is 0 Å². The molecular weight excluding hydrogens is 340 g/mol. The molecule has 1 rings (SSSR count). The number of amides is 2. The maximum Gasteiger partial charge on any atom is 0.338 e. The second-order valence-electron chi connectivity index (χ2n) is 5.43. The van der Waals surface area contributed by atoms with Crippen LogP contribution in [0.25, 0.3) is 0 Å². The molecule has 0 radical (unpaired) electrons. The first kappa shape index (κ1) is 21.1. The van der Waals surface area contributed by atoms with Gasteiger partial charge in [-0.3, -0.25) is 9.59 Å². The summed E-state index contributed by atoms with van der Waals surface area (Å²) in [7, 11) is 0. The van der Waals surface area contributed by atoms with E-state index >= 15 is 0 Å². The van der Waals surface area contributed by atoms with Crippen LogP contribution in [0.5, 0.6) is 0 Å². The van der Waals surface area contributed by atoms with Gasteiger partial charge in [0.1, 0.15) is 0 Å². The van der Waals surface area contributed by atoms with E-state index in [4.69, 9.17) is 9.47 Å². The van der Waals surface area contributed by atoms with Crippen molar-refractivity contribution in [1.29, 1.82) is 0 Å². The predicted molar refractivity (Wildman–Crippen MR) is 93.6 cm³/mol. The zero-order chi connectivity index (χ0) is 19.4. The lowest BCUT2D eigenvalue weighted by Gasteiger charge is -2.08. The van der Waals surface area contributed by atoms with Crippen molar-refractivity contribution in [3.63, 3.8) is 0 Å². The first-order chi connectivity index (χ1) is 12.5. The van der Waals surface area contributed by atoms with Crippen molar-refractivity contribution in [2.75, 3.05) is 26.3 Å². The molecule has 0 bridgehead atoms. The molecule has 0 saturated heterocycles. The van der Waals surface area contributed by atoms with E-state index in [1.165, 1.54) is 24.3 Å². The lowest BCUT2D eigenvalue weighted by molar-refractivity contribution is -0.124. The normalized spacial score (nSPS) is 9.92.